The zero-order valence-electron chi connectivity index (χ0n) is 24.8. The molecule has 0 atom stereocenters. The van der Waals surface area contributed by atoms with Gasteiger partial charge in [0.2, 0.25) is 11.8 Å². The number of carbonyl (C=O) groups is 2. The summed E-state index contributed by atoms with van der Waals surface area (Å²) in [6, 6.07) is 18.3. The van der Waals surface area contributed by atoms with Crippen molar-refractivity contribution in [2.45, 2.75) is 25.7 Å². The molecular weight excluding hydrogens is 563 g/mol. The summed E-state index contributed by atoms with van der Waals surface area (Å²) in [5.41, 5.74) is 1.66. The maximum Gasteiger partial charge on any atom is 0.240 e. The average Bonchev–Trinajstić information content (AvgIpc) is 3.86. The van der Waals surface area contributed by atoms with Crippen molar-refractivity contribution in [3.63, 3.8) is 0 Å². The third-order valence-electron chi connectivity index (χ3n) is 8.42. The fourth-order valence-corrected chi connectivity index (χ4v) is 5.66. The fourth-order valence-electron chi connectivity index (χ4n) is 5.66. The summed E-state index contributed by atoms with van der Waals surface area (Å²) in [5.74, 6) is 1.36. The van der Waals surface area contributed by atoms with E-state index in [0.717, 1.165) is 54.9 Å². The first kappa shape index (κ1) is 29.4. The number of nitrogens with zero attached hydrogens (tertiary/aromatic N) is 2. The largest absolute Gasteiger partial charge is 0.495 e. The molecule has 2 fully saturated rings. The number of anilines is 3. The van der Waals surface area contributed by atoms with Gasteiger partial charge < -0.3 is 29.7 Å². The zero-order valence-corrected chi connectivity index (χ0v) is 24.8. The molecule has 1 saturated heterocycles. The molecule has 228 valence electrons. The Labute approximate surface area is 255 Å². The van der Waals surface area contributed by atoms with Crippen molar-refractivity contribution >= 4 is 39.8 Å². The highest BCUT2D eigenvalue weighted by Crippen LogP contribution is 2.47. The Morgan fingerprint density at radius 3 is 2.14 bits per heavy atom. The highest BCUT2D eigenvalue weighted by molar-refractivity contribution is 6.16. The number of methoxy groups -OCH3 is 2. The quantitative estimate of drug-likeness (QED) is 0.204. The summed E-state index contributed by atoms with van der Waals surface area (Å²) in [7, 11) is 3.42. The van der Waals surface area contributed by atoms with Crippen LogP contribution in [0, 0.1) is 17.2 Å². The van der Waals surface area contributed by atoms with E-state index in [9.17, 15) is 14.0 Å². The van der Waals surface area contributed by atoms with Crippen molar-refractivity contribution in [3.8, 4) is 17.2 Å². The predicted molar refractivity (Wildman–Crippen MR) is 167 cm³/mol. The van der Waals surface area contributed by atoms with Gasteiger partial charge in [-0.05, 0) is 98.3 Å². The number of fused-ring (bicyclic) bond motifs is 1. The van der Waals surface area contributed by atoms with Crippen LogP contribution in [0.25, 0.3) is 10.9 Å². The molecule has 3 aromatic carbocycles. The summed E-state index contributed by atoms with van der Waals surface area (Å²) in [6.45, 7) is 2.64. The molecule has 44 heavy (non-hydrogen) atoms. The second-order valence-corrected chi connectivity index (χ2v) is 11.4. The van der Waals surface area contributed by atoms with Crippen molar-refractivity contribution in [3.05, 3.63) is 78.7 Å². The van der Waals surface area contributed by atoms with E-state index in [1.165, 1.54) is 24.3 Å². The lowest BCUT2D eigenvalue weighted by Crippen LogP contribution is -2.35. The second-order valence-electron chi connectivity index (χ2n) is 11.4. The monoisotopic (exact) mass is 598 g/mol. The van der Waals surface area contributed by atoms with Crippen LogP contribution in [0.5, 0.6) is 17.2 Å². The van der Waals surface area contributed by atoms with Crippen LogP contribution in [0.4, 0.5) is 21.5 Å². The van der Waals surface area contributed by atoms with E-state index in [1.54, 1.807) is 44.7 Å². The number of halogens is 1. The number of piperidine rings is 1. The Hall–Kier alpha value is -4.70. The molecule has 2 N–H and O–H groups in total. The smallest absolute Gasteiger partial charge is 0.240 e. The molecular formula is C34H35FN4O5. The van der Waals surface area contributed by atoms with Crippen LogP contribution in [0.2, 0.25) is 0 Å². The lowest BCUT2D eigenvalue weighted by Gasteiger charge is -2.34. The molecule has 0 unspecified atom stereocenters. The topological polar surface area (TPSA) is 102 Å². The molecule has 2 amide bonds. The number of hydrogen-bond donors (Lipinski definition) is 2. The molecule has 4 aromatic rings. The van der Waals surface area contributed by atoms with Crippen LogP contribution >= 0.6 is 0 Å². The first-order valence-corrected chi connectivity index (χ1v) is 14.8. The molecule has 0 radical (unpaired) electrons. The number of rotatable bonds is 10. The third-order valence-corrected chi connectivity index (χ3v) is 8.42. The van der Waals surface area contributed by atoms with E-state index in [2.05, 4.69) is 26.6 Å². The number of carbonyl (C=O) groups excluding carboxylic acids is 2. The maximum atomic E-state index is 13.2. The number of benzene rings is 3. The van der Waals surface area contributed by atoms with Crippen molar-refractivity contribution in [2.24, 2.45) is 11.3 Å². The van der Waals surface area contributed by atoms with Crippen molar-refractivity contribution < 1.29 is 28.2 Å². The highest BCUT2D eigenvalue weighted by atomic mass is 19.1. The van der Waals surface area contributed by atoms with Crippen LogP contribution in [0.15, 0.2) is 72.9 Å². The van der Waals surface area contributed by atoms with Gasteiger partial charge >= 0.3 is 0 Å². The summed E-state index contributed by atoms with van der Waals surface area (Å²) < 4.78 is 30.6. The van der Waals surface area contributed by atoms with E-state index in [0.29, 0.717) is 41.6 Å². The Morgan fingerprint density at radius 2 is 1.55 bits per heavy atom. The van der Waals surface area contributed by atoms with E-state index < -0.39 is 17.1 Å². The molecule has 1 aliphatic heterocycles. The Bertz CT molecular complexity index is 1650. The molecule has 2 heterocycles. The maximum absolute atomic E-state index is 13.2. The van der Waals surface area contributed by atoms with Gasteiger partial charge in [-0.3, -0.25) is 14.6 Å². The standard InChI is InChI=1S/C34H35FN4O5/c1-42-21-22-12-17-39(18-13-22)29-20-28-27(19-31(29)43-2)30(11-16-36-28)44-26-9-7-25(8-10-26)38-33(41)34(14-15-34)32(40)37-24-5-3-23(35)4-6-24/h3-11,16,19-20,22H,12-15,17-18,21H2,1-2H3,(H,37,40)(H,38,41). The molecule has 1 aliphatic carbocycles. The van der Waals surface area contributed by atoms with E-state index in [1.807, 2.05) is 12.1 Å². The molecule has 0 spiro atoms. The summed E-state index contributed by atoms with van der Waals surface area (Å²) in [6.07, 6.45) is 4.73. The van der Waals surface area contributed by atoms with Gasteiger partial charge in [-0.1, -0.05) is 0 Å². The first-order valence-electron chi connectivity index (χ1n) is 14.8. The number of ether oxygens (including phenoxy) is 3. The average molecular weight is 599 g/mol. The normalized spacial score (nSPS) is 15.9. The van der Waals surface area contributed by atoms with Crippen LogP contribution in [0.1, 0.15) is 25.7 Å². The lowest BCUT2D eigenvalue weighted by molar-refractivity contribution is -0.131. The molecule has 1 aromatic heterocycles. The van der Waals surface area contributed by atoms with E-state index >= 15 is 0 Å². The Morgan fingerprint density at radius 1 is 0.909 bits per heavy atom. The van der Waals surface area contributed by atoms with Gasteiger partial charge in [0.15, 0.2) is 0 Å². The van der Waals surface area contributed by atoms with Gasteiger partial charge in [-0.25, -0.2) is 4.39 Å². The fraction of sp³-hybridized carbons (Fsp3) is 0.324. The molecule has 1 saturated carbocycles. The SMILES string of the molecule is COCC1CCN(c2cc3nccc(Oc4ccc(NC(=O)C5(C(=O)Nc6ccc(F)cc6)CC5)cc4)c3cc2OC)CC1. The number of aromatic nitrogens is 1. The second kappa shape index (κ2) is 12.5. The first-order chi connectivity index (χ1) is 21.4. The molecule has 10 heteroatoms. The summed E-state index contributed by atoms with van der Waals surface area (Å²) >= 11 is 0. The van der Waals surface area contributed by atoms with Crippen LogP contribution in [-0.2, 0) is 14.3 Å². The number of nitrogens with one attached hydrogen (secondary N) is 2. The minimum absolute atomic E-state index is 0.378. The van der Waals surface area contributed by atoms with Gasteiger partial charge in [0.25, 0.3) is 0 Å². The van der Waals surface area contributed by atoms with E-state index in [4.69, 9.17) is 14.2 Å². The third kappa shape index (κ3) is 6.16. The number of amides is 2. The van der Waals surface area contributed by atoms with Gasteiger partial charge in [-0.15, -0.1) is 0 Å². The Kier molecular flexibility index (Phi) is 8.34. The zero-order chi connectivity index (χ0) is 30.7. The van der Waals surface area contributed by atoms with Gasteiger partial charge in [0.1, 0.15) is 28.5 Å². The molecule has 2 aliphatic rings. The van der Waals surface area contributed by atoms with Gasteiger partial charge in [0.05, 0.1) is 18.3 Å². The van der Waals surface area contributed by atoms with Crippen LogP contribution in [-0.4, -0.2) is 50.7 Å². The van der Waals surface area contributed by atoms with Crippen molar-refractivity contribution in [2.75, 3.05) is 49.4 Å². The van der Waals surface area contributed by atoms with Crippen molar-refractivity contribution in [1.29, 1.82) is 0 Å². The van der Waals surface area contributed by atoms with Gasteiger partial charge in [-0.2, -0.15) is 0 Å². The van der Waals surface area contributed by atoms with E-state index in [-0.39, 0.29) is 5.91 Å². The highest BCUT2D eigenvalue weighted by Gasteiger charge is 2.56. The predicted octanol–water partition coefficient (Wildman–Crippen LogP) is 6.40. The van der Waals surface area contributed by atoms with Crippen LogP contribution in [0.3, 0.4) is 0 Å². The molecule has 9 nitrogen and oxygen atoms in total. The van der Waals surface area contributed by atoms with Crippen LogP contribution < -0.4 is 25.0 Å². The number of hydrogen-bond acceptors (Lipinski definition) is 7. The summed E-state index contributed by atoms with van der Waals surface area (Å²) in [4.78, 5) is 32.9. The number of pyridine rings is 1. The molecule has 6 rings (SSSR count). The lowest BCUT2D eigenvalue weighted by atomic mass is 9.97. The molecule has 0 bridgehead atoms. The van der Waals surface area contributed by atoms with Gasteiger partial charge in [0, 0.05) is 49.8 Å². The summed E-state index contributed by atoms with van der Waals surface area (Å²) in [5, 5.41) is 6.39. The minimum atomic E-state index is -1.14. The van der Waals surface area contributed by atoms with Crippen molar-refractivity contribution in [1.82, 2.24) is 4.98 Å². The Balaban J connectivity index is 1.12. The minimum Gasteiger partial charge on any atom is -0.495 e.